The molecule has 1 aromatic carbocycles. The minimum Gasteiger partial charge on any atom is -0.348 e. The summed E-state index contributed by atoms with van der Waals surface area (Å²) in [6, 6.07) is 8.00. The van der Waals surface area contributed by atoms with E-state index in [-0.39, 0.29) is 11.8 Å². The normalized spacial score (nSPS) is 16.6. The molecule has 3 N–H and O–H groups in total. The Morgan fingerprint density at radius 1 is 1.15 bits per heavy atom. The van der Waals surface area contributed by atoms with Crippen molar-refractivity contribution in [1.82, 2.24) is 30.0 Å². The second-order valence-electron chi connectivity index (χ2n) is 9.07. The van der Waals surface area contributed by atoms with E-state index in [1.54, 1.807) is 12.4 Å². The van der Waals surface area contributed by atoms with E-state index in [0.29, 0.717) is 35.0 Å². The number of fused-ring (bicyclic) bond motifs is 2. The second-order valence-corrected chi connectivity index (χ2v) is 9.07. The van der Waals surface area contributed by atoms with E-state index in [1.807, 2.05) is 41.3 Å². The molecule has 9 nitrogen and oxygen atoms in total. The zero-order chi connectivity index (χ0) is 23.2. The lowest BCUT2D eigenvalue weighted by atomic mass is 10.00. The number of carbonyl (C=O) groups is 2. The van der Waals surface area contributed by atoms with Gasteiger partial charge in [0, 0.05) is 41.6 Å². The van der Waals surface area contributed by atoms with Crippen molar-refractivity contribution < 1.29 is 9.59 Å². The molecule has 3 aromatic heterocycles. The minimum atomic E-state index is -0.228. The topological polar surface area (TPSA) is 108 Å². The van der Waals surface area contributed by atoms with Gasteiger partial charge in [-0.2, -0.15) is 5.10 Å². The van der Waals surface area contributed by atoms with E-state index in [1.165, 1.54) is 0 Å². The van der Waals surface area contributed by atoms with Crippen LogP contribution in [0.5, 0.6) is 0 Å². The molecule has 0 atom stereocenters. The van der Waals surface area contributed by atoms with Crippen molar-refractivity contribution in [3.63, 3.8) is 0 Å². The number of hydrogen-bond donors (Lipinski definition) is 3. The zero-order valence-electron chi connectivity index (χ0n) is 18.8. The Labute approximate surface area is 196 Å². The number of carbonyl (C=O) groups excluding carboxylic acids is 2. The van der Waals surface area contributed by atoms with Crippen LogP contribution >= 0.6 is 0 Å². The zero-order valence-corrected chi connectivity index (χ0v) is 18.8. The average molecular weight is 456 g/mol. The highest BCUT2D eigenvalue weighted by Gasteiger charge is 2.21. The van der Waals surface area contributed by atoms with Crippen LogP contribution in [0.3, 0.4) is 0 Å². The molecule has 0 aliphatic carbocycles. The number of rotatable bonds is 4. The fourth-order valence-corrected chi connectivity index (χ4v) is 4.83. The fraction of sp³-hybridized carbons (Fsp3) is 0.280. The Bertz CT molecular complexity index is 1410. The van der Waals surface area contributed by atoms with E-state index < -0.39 is 0 Å². The van der Waals surface area contributed by atoms with Crippen molar-refractivity contribution in [3.8, 4) is 11.1 Å². The number of anilines is 1. The molecule has 2 aliphatic heterocycles. The van der Waals surface area contributed by atoms with E-state index >= 15 is 0 Å². The van der Waals surface area contributed by atoms with Gasteiger partial charge >= 0.3 is 0 Å². The van der Waals surface area contributed by atoms with Crippen LogP contribution < -0.4 is 10.6 Å². The molecule has 0 radical (unpaired) electrons. The van der Waals surface area contributed by atoms with Crippen LogP contribution in [0.15, 0.2) is 49.1 Å². The van der Waals surface area contributed by atoms with Gasteiger partial charge < -0.3 is 20.5 Å². The van der Waals surface area contributed by atoms with E-state index in [0.717, 1.165) is 48.0 Å². The van der Waals surface area contributed by atoms with Crippen LogP contribution in [0.25, 0.3) is 22.2 Å². The average Bonchev–Trinajstić information content (AvgIpc) is 3.58. The lowest BCUT2D eigenvalue weighted by molar-refractivity contribution is 0.0964. The Morgan fingerprint density at radius 2 is 2.00 bits per heavy atom. The summed E-state index contributed by atoms with van der Waals surface area (Å²) in [6.45, 7) is 2.63. The van der Waals surface area contributed by atoms with Crippen LogP contribution in [-0.2, 0) is 6.54 Å². The first-order valence-corrected chi connectivity index (χ1v) is 11.5. The van der Waals surface area contributed by atoms with E-state index in [2.05, 4.69) is 37.6 Å². The lowest BCUT2D eigenvalue weighted by Gasteiger charge is -2.28. The van der Waals surface area contributed by atoms with Gasteiger partial charge in [-0.15, -0.1) is 0 Å². The molecular formula is C25H25N7O2. The first kappa shape index (κ1) is 20.6. The predicted octanol–water partition coefficient (Wildman–Crippen LogP) is 3.19. The standard InChI is InChI=1S/C25H25N7O2/c1-31-6-4-19(5-7-31)32-14-18(12-29-32)30-24(33)17-9-21-22(13-27-23(21)26-11-17)15-2-3-20-16(8-15)10-28-25(20)34/h2-3,8-9,11-14,19H,4-7,10H2,1H3,(H,26,27)(H,28,34)(H,30,33). The molecule has 2 aliphatic rings. The molecular weight excluding hydrogens is 430 g/mol. The molecule has 6 rings (SSSR count). The van der Waals surface area contributed by atoms with E-state index in [9.17, 15) is 9.59 Å². The summed E-state index contributed by atoms with van der Waals surface area (Å²) in [4.78, 5) is 34.8. The Hall–Kier alpha value is -3.98. The molecule has 1 saturated heterocycles. The SMILES string of the molecule is CN1CCC(n2cc(NC(=O)c3cnc4[nH]cc(-c5ccc6c(c5)CNC6=O)c4c3)cn2)CC1. The third-order valence-electron chi connectivity index (χ3n) is 6.82. The number of aromatic amines is 1. The van der Waals surface area contributed by atoms with Crippen LogP contribution in [0.4, 0.5) is 5.69 Å². The number of nitrogens with one attached hydrogen (secondary N) is 3. The van der Waals surface area contributed by atoms with Gasteiger partial charge in [-0.3, -0.25) is 14.3 Å². The Kier molecular flexibility index (Phi) is 4.91. The van der Waals surface area contributed by atoms with Crippen LogP contribution in [0, 0.1) is 0 Å². The summed E-state index contributed by atoms with van der Waals surface area (Å²) in [5, 5.41) is 11.1. The van der Waals surface area contributed by atoms with Crippen molar-refractivity contribution in [2.75, 3.05) is 25.5 Å². The summed E-state index contributed by atoms with van der Waals surface area (Å²) in [7, 11) is 2.13. The Balaban J connectivity index is 1.24. The molecule has 172 valence electrons. The van der Waals surface area contributed by atoms with Crippen molar-refractivity contribution in [2.45, 2.75) is 25.4 Å². The monoisotopic (exact) mass is 455 g/mol. The highest BCUT2D eigenvalue weighted by molar-refractivity contribution is 6.07. The number of piperidine rings is 1. The maximum Gasteiger partial charge on any atom is 0.257 e. The first-order chi connectivity index (χ1) is 16.5. The van der Waals surface area contributed by atoms with Crippen molar-refractivity contribution in [1.29, 1.82) is 0 Å². The molecule has 34 heavy (non-hydrogen) atoms. The van der Waals surface area contributed by atoms with Crippen molar-refractivity contribution in [3.05, 3.63) is 65.7 Å². The molecule has 0 spiro atoms. The summed E-state index contributed by atoms with van der Waals surface area (Å²) < 4.78 is 1.96. The highest BCUT2D eigenvalue weighted by atomic mass is 16.2. The third-order valence-corrected chi connectivity index (χ3v) is 6.82. The third kappa shape index (κ3) is 3.63. The molecule has 0 saturated carbocycles. The number of amides is 2. The highest BCUT2D eigenvalue weighted by Crippen LogP contribution is 2.31. The smallest absolute Gasteiger partial charge is 0.257 e. The van der Waals surface area contributed by atoms with Crippen molar-refractivity contribution >= 4 is 28.5 Å². The number of aromatic nitrogens is 4. The second kappa shape index (κ2) is 8.11. The van der Waals surface area contributed by atoms with Gasteiger partial charge in [0.15, 0.2) is 0 Å². The summed E-state index contributed by atoms with van der Waals surface area (Å²) in [5.41, 5.74) is 5.45. The van der Waals surface area contributed by atoms with E-state index in [4.69, 9.17) is 0 Å². The maximum absolute atomic E-state index is 13.0. The summed E-state index contributed by atoms with van der Waals surface area (Å²) in [5.74, 6) is -0.270. The van der Waals surface area contributed by atoms with Gasteiger partial charge in [0.25, 0.3) is 11.8 Å². The molecule has 0 unspecified atom stereocenters. The molecule has 9 heteroatoms. The number of nitrogens with zero attached hydrogens (tertiary/aromatic N) is 4. The molecule has 1 fully saturated rings. The molecule has 4 aromatic rings. The lowest BCUT2D eigenvalue weighted by Crippen LogP contribution is -2.31. The van der Waals surface area contributed by atoms with Gasteiger partial charge in [-0.05, 0) is 62.3 Å². The quantitative estimate of drug-likeness (QED) is 0.438. The maximum atomic E-state index is 13.0. The van der Waals surface area contributed by atoms with Gasteiger partial charge in [0.2, 0.25) is 0 Å². The molecule has 2 amide bonds. The number of pyridine rings is 1. The van der Waals surface area contributed by atoms with Crippen LogP contribution in [-0.4, -0.2) is 56.6 Å². The van der Waals surface area contributed by atoms with Gasteiger partial charge in [0.1, 0.15) is 5.65 Å². The number of likely N-dealkylation sites (tertiary alicyclic amines) is 1. The molecule has 5 heterocycles. The predicted molar refractivity (Wildman–Crippen MR) is 129 cm³/mol. The van der Waals surface area contributed by atoms with Gasteiger partial charge in [-0.1, -0.05) is 6.07 Å². The van der Waals surface area contributed by atoms with Crippen molar-refractivity contribution in [2.24, 2.45) is 0 Å². The summed E-state index contributed by atoms with van der Waals surface area (Å²) in [6.07, 6.45) is 9.16. The Morgan fingerprint density at radius 3 is 2.85 bits per heavy atom. The van der Waals surface area contributed by atoms with Gasteiger partial charge in [0.05, 0.1) is 23.5 Å². The van der Waals surface area contributed by atoms with Gasteiger partial charge in [-0.25, -0.2) is 4.98 Å². The molecule has 0 bridgehead atoms. The number of benzene rings is 1. The van der Waals surface area contributed by atoms with Crippen LogP contribution in [0.2, 0.25) is 0 Å². The fourth-order valence-electron chi connectivity index (χ4n) is 4.83. The number of H-pyrrole nitrogens is 1. The largest absolute Gasteiger partial charge is 0.348 e. The minimum absolute atomic E-state index is 0.0414. The van der Waals surface area contributed by atoms with Crippen LogP contribution in [0.1, 0.15) is 45.2 Å². The summed E-state index contributed by atoms with van der Waals surface area (Å²) >= 11 is 0. The first-order valence-electron chi connectivity index (χ1n) is 11.5. The number of hydrogen-bond acceptors (Lipinski definition) is 5.